The molecule has 1 N–H and O–H groups in total. The summed E-state index contributed by atoms with van der Waals surface area (Å²) in [6.07, 6.45) is -4.34. The van der Waals surface area contributed by atoms with Gasteiger partial charge in [-0.1, -0.05) is 11.6 Å². The van der Waals surface area contributed by atoms with E-state index in [2.05, 4.69) is 4.74 Å². The molecule has 0 aliphatic heterocycles. The summed E-state index contributed by atoms with van der Waals surface area (Å²) >= 11 is 5.71. The van der Waals surface area contributed by atoms with Gasteiger partial charge < -0.3 is 14.6 Å². The summed E-state index contributed by atoms with van der Waals surface area (Å²) in [5.74, 6) is 0.373. The molecule has 3 nitrogen and oxygen atoms in total. The molecule has 1 rings (SSSR count). The van der Waals surface area contributed by atoms with Gasteiger partial charge in [-0.25, -0.2) is 0 Å². The standard InChI is InChI=1S/C11H12ClF3O3/c12-9-1-2-10(8(5-9)6-16)18-4-3-17-7-11(13,14)15/h1-2,5,16H,3-4,6-7H2. The minimum Gasteiger partial charge on any atom is -0.491 e. The lowest BCUT2D eigenvalue weighted by Gasteiger charge is -2.11. The maximum atomic E-state index is 11.8. The van der Waals surface area contributed by atoms with Crippen molar-refractivity contribution in [1.82, 2.24) is 0 Å². The molecule has 0 radical (unpaired) electrons. The van der Waals surface area contributed by atoms with E-state index >= 15 is 0 Å². The minimum atomic E-state index is -4.34. The van der Waals surface area contributed by atoms with Crippen LogP contribution in [0.2, 0.25) is 5.02 Å². The average Bonchev–Trinajstić information content (AvgIpc) is 2.28. The highest BCUT2D eigenvalue weighted by molar-refractivity contribution is 6.30. The number of aliphatic hydroxyl groups excluding tert-OH is 1. The molecule has 0 heterocycles. The molecule has 0 saturated heterocycles. The van der Waals surface area contributed by atoms with Crippen LogP contribution in [0.25, 0.3) is 0 Å². The van der Waals surface area contributed by atoms with Crippen molar-refractivity contribution >= 4 is 11.6 Å². The third-order valence-electron chi connectivity index (χ3n) is 1.94. The molecule has 0 unspecified atom stereocenters. The summed E-state index contributed by atoms with van der Waals surface area (Å²) in [6, 6.07) is 4.62. The van der Waals surface area contributed by atoms with Crippen molar-refractivity contribution in [3.8, 4) is 5.75 Å². The van der Waals surface area contributed by atoms with E-state index in [0.717, 1.165) is 0 Å². The van der Waals surface area contributed by atoms with Crippen molar-refractivity contribution < 1.29 is 27.8 Å². The van der Waals surface area contributed by atoms with Crippen LogP contribution in [0.4, 0.5) is 13.2 Å². The highest BCUT2D eigenvalue weighted by atomic mass is 35.5. The highest BCUT2D eigenvalue weighted by Crippen LogP contribution is 2.22. The van der Waals surface area contributed by atoms with E-state index in [1.54, 1.807) is 6.07 Å². The van der Waals surface area contributed by atoms with Crippen molar-refractivity contribution in [2.45, 2.75) is 12.8 Å². The Hall–Kier alpha value is -0.980. The predicted molar refractivity (Wildman–Crippen MR) is 59.7 cm³/mol. The molecule has 1 aromatic rings. The lowest BCUT2D eigenvalue weighted by molar-refractivity contribution is -0.175. The largest absolute Gasteiger partial charge is 0.491 e. The zero-order valence-corrected chi connectivity index (χ0v) is 10.1. The molecule has 0 saturated carbocycles. The van der Waals surface area contributed by atoms with E-state index in [0.29, 0.717) is 16.3 Å². The van der Waals surface area contributed by atoms with Gasteiger partial charge in [-0.05, 0) is 18.2 Å². The molecule has 0 aromatic heterocycles. The fourth-order valence-corrected chi connectivity index (χ4v) is 1.41. The Morgan fingerprint density at radius 2 is 1.94 bits per heavy atom. The molecule has 0 atom stereocenters. The zero-order chi connectivity index (χ0) is 13.6. The van der Waals surface area contributed by atoms with Crippen LogP contribution in [0.15, 0.2) is 18.2 Å². The lowest BCUT2D eigenvalue weighted by atomic mass is 10.2. The summed E-state index contributed by atoms with van der Waals surface area (Å²) in [6.45, 7) is -1.79. The summed E-state index contributed by atoms with van der Waals surface area (Å²) in [5, 5.41) is 9.48. The van der Waals surface area contributed by atoms with Crippen LogP contribution in [0.1, 0.15) is 5.56 Å². The van der Waals surface area contributed by atoms with Crippen LogP contribution in [-0.2, 0) is 11.3 Å². The Morgan fingerprint density at radius 1 is 1.22 bits per heavy atom. The van der Waals surface area contributed by atoms with Crippen LogP contribution in [0, 0.1) is 0 Å². The van der Waals surface area contributed by atoms with Crippen LogP contribution in [0.5, 0.6) is 5.75 Å². The highest BCUT2D eigenvalue weighted by Gasteiger charge is 2.27. The maximum Gasteiger partial charge on any atom is 0.411 e. The Kier molecular flexibility index (Phi) is 5.71. The van der Waals surface area contributed by atoms with Gasteiger partial charge in [0.1, 0.15) is 19.0 Å². The first-order chi connectivity index (χ1) is 8.42. The number of halogens is 4. The van der Waals surface area contributed by atoms with Crippen LogP contribution in [-0.4, -0.2) is 31.1 Å². The van der Waals surface area contributed by atoms with E-state index in [4.69, 9.17) is 21.4 Å². The van der Waals surface area contributed by atoms with Gasteiger partial charge in [-0.2, -0.15) is 13.2 Å². The van der Waals surface area contributed by atoms with Gasteiger partial charge in [-0.15, -0.1) is 0 Å². The number of hydrogen-bond donors (Lipinski definition) is 1. The number of aliphatic hydroxyl groups is 1. The number of ether oxygens (including phenoxy) is 2. The second-order valence-corrected chi connectivity index (χ2v) is 3.86. The molecule has 0 amide bonds. The molecule has 1 aromatic carbocycles. The van der Waals surface area contributed by atoms with Crippen molar-refractivity contribution in [1.29, 1.82) is 0 Å². The van der Waals surface area contributed by atoms with E-state index < -0.39 is 12.8 Å². The Morgan fingerprint density at radius 3 is 2.56 bits per heavy atom. The first-order valence-electron chi connectivity index (χ1n) is 5.09. The monoisotopic (exact) mass is 284 g/mol. The molecule has 0 bridgehead atoms. The fourth-order valence-electron chi connectivity index (χ4n) is 1.21. The molecule has 0 aliphatic rings. The van der Waals surface area contributed by atoms with Crippen molar-refractivity contribution in [2.75, 3.05) is 19.8 Å². The minimum absolute atomic E-state index is 0.0370. The number of rotatable bonds is 6. The van der Waals surface area contributed by atoms with Crippen molar-refractivity contribution in [3.05, 3.63) is 28.8 Å². The molecule has 0 spiro atoms. The molecule has 102 valence electrons. The fraction of sp³-hybridized carbons (Fsp3) is 0.455. The summed E-state index contributed by atoms with van der Waals surface area (Å²) < 4.78 is 44.8. The Balaban J connectivity index is 2.35. The van der Waals surface area contributed by atoms with E-state index in [9.17, 15) is 13.2 Å². The quantitative estimate of drug-likeness (QED) is 0.817. The third kappa shape index (κ3) is 5.57. The lowest BCUT2D eigenvalue weighted by Crippen LogP contribution is -2.19. The summed E-state index contributed by atoms with van der Waals surface area (Å²) in [5.41, 5.74) is 0.471. The normalized spacial score (nSPS) is 11.6. The molecular formula is C11H12ClF3O3. The van der Waals surface area contributed by atoms with Gasteiger partial charge >= 0.3 is 6.18 Å². The van der Waals surface area contributed by atoms with Crippen LogP contribution >= 0.6 is 11.6 Å². The number of benzene rings is 1. The second-order valence-electron chi connectivity index (χ2n) is 3.43. The molecule has 18 heavy (non-hydrogen) atoms. The average molecular weight is 285 g/mol. The summed E-state index contributed by atoms with van der Waals surface area (Å²) in [7, 11) is 0. The number of alkyl halides is 3. The van der Waals surface area contributed by atoms with Gasteiger partial charge in [0, 0.05) is 10.6 Å². The molecule has 0 aliphatic carbocycles. The van der Waals surface area contributed by atoms with Gasteiger partial charge in [0.05, 0.1) is 13.2 Å². The number of hydrogen-bond acceptors (Lipinski definition) is 3. The first-order valence-corrected chi connectivity index (χ1v) is 5.47. The van der Waals surface area contributed by atoms with Gasteiger partial charge in [0.2, 0.25) is 0 Å². The Bertz CT molecular complexity index is 382. The van der Waals surface area contributed by atoms with Crippen molar-refractivity contribution in [3.63, 3.8) is 0 Å². The topological polar surface area (TPSA) is 38.7 Å². The van der Waals surface area contributed by atoms with E-state index in [1.807, 2.05) is 0 Å². The molecule has 7 heteroatoms. The predicted octanol–water partition coefficient (Wildman–Crippen LogP) is 2.79. The third-order valence-corrected chi connectivity index (χ3v) is 2.18. The van der Waals surface area contributed by atoms with E-state index in [1.165, 1.54) is 12.1 Å². The van der Waals surface area contributed by atoms with Crippen molar-refractivity contribution in [2.24, 2.45) is 0 Å². The van der Waals surface area contributed by atoms with E-state index in [-0.39, 0.29) is 19.8 Å². The van der Waals surface area contributed by atoms with Crippen LogP contribution in [0.3, 0.4) is 0 Å². The second kappa shape index (κ2) is 6.82. The first kappa shape index (κ1) is 15.1. The summed E-state index contributed by atoms with van der Waals surface area (Å²) in [4.78, 5) is 0. The van der Waals surface area contributed by atoms with Gasteiger partial charge in [0.25, 0.3) is 0 Å². The van der Waals surface area contributed by atoms with Crippen LogP contribution < -0.4 is 4.74 Å². The molecule has 0 fully saturated rings. The SMILES string of the molecule is OCc1cc(Cl)ccc1OCCOCC(F)(F)F. The molecular weight excluding hydrogens is 273 g/mol. The smallest absolute Gasteiger partial charge is 0.411 e. The van der Waals surface area contributed by atoms with Gasteiger partial charge in [-0.3, -0.25) is 0 Å². The Labute approximate surface area is 107 Å². The van der Waals surface area contributed by atoms with Gasteiger partial charge in [0.15, 0.2) is 0 Å². The zero-order valence-electron chi connectivity index (χ0n) is 9.34. The maximum absolute atomic E-state index is 11.8.